The lowest BCUT2D eigenvalue weighted by atomic mass is 9.80. The monoisotopic (exact) mass is 393 g/mol. The van der Waals surface area contributed by atoms with Crippen molar-refractivity contribution in [3.8, 4) is 0 Å². The van der Waals surface area contributed by atoms with Gasteiger partial charge in [0.1, 0.15) is 12.4 Å². The van der Waals surface area contributed by atoms with Crippen molar-refractivity contribution in [1.82, 2.24) is 9.55 Å². The molecule has 1 saturated carbocycles. The first-order valence-electron chi connectivity index (χ1n) is 10.3. The summed E-state index contributed by atoms with van der Waals surface area (Å²) in [6, 6.07) is 1.52. The standard InChI is InChI=1S/C20H31N3O5/c1-2-3-4-5-14-6-8-15(9-7-14)19(24)27-13-18-26-12-17(28-18)23-11-10-16(21)22-20(23)25/h10-11,14-15,17-18H,2-9,12-13H2,1H3,(H2,21,22,25). The molecule has 0 bridgehead atoms. The van der Waals surface area contributed by atoms with Crippen LogP contribution in [0.25, 0.3) is 0 Å². The van der Waals surface area contributed by atoms with Crippen molar-refractivity contribution in [2.24, 2.45) is 11.8 Å². The minimum atomic E-state index is -0.677. The predicted octanol–water partition coefficient (Wildman–Crippen LogP) is 2.63. The molecule has 8 nitrogen and oxygen atoms in total. The fraction of sp³-hybridized carbons (Fsp3) is 0.750. The molecule has 1 aromatic rings. The quantitative estimate of drug-likeness (QED) is 0.534. The van der Waals surface area contributed by atoms with Gasteiger partial charge < -0.3 is 19.9 Å². The highest BCUT2D eigenvalue weighted by molar-refractivity contribution is 5.72. The Morgan fingerprint density at radius 3 is 2.82 bits per heavy atom. The lowest BCUT2D eigenvalue weighted by Crippen LogP contribution is -2.29. The fourth-order valence-electron chi connectivity index (χ4n) is 3.96. The number of nitrogen functional groups attached to an aromatic ring is 1. The molecule has 2 aliphatic rings. The summed E-state index contributed by atoms with van der Waals surface area (Å²) in [5, 5.41) is 0. The summed E-state index contributed by atoms with van der Waals surface area (Å²) in [5.74, 6) is 0.716. The molecular formula is C20H31N3O5. The van der Waals surface area contributed by atoms with Crippen LogP contribution < -0.4 is 11.4 Å². The Bertz CT molecular complexity index is 699. The maximum atomic E-state index is 12.4. The minimum Gasteiger partial charge on any atom is -0.460 e. The molecule has 0 aromatic carbocycles. The van der Waals surface area contributed by atoms with Gasteiger partial charge in [-0.15, -0.1) is 0 Å². The van der Waals surface area contributed by atoms with E-state index in [1.165, 1.54) is 42.5 Å². The lowest BCUT2D eigenvalue weighted by molar-refractivity contribution is -0.164. The molecule has 2 atom stereocenters. The summed E-state index contributed by atoms with van der Waals surface area (Å²) in [5.41, 5.74) is 4.99. The van der Waals surface area contributed by atoms with Crippen LogP contribution in [0.5, 0.6) is 0 Å². The second-order valence-corrected chi connectivity index (χ2v) is 7.74. The van der Waals surface area contributed by atoms with Crippen molar-refractivity contribution in [2.45, 2.75) is 70.8 Å². The Labute approximate surface area is 165 Å². The van der Waals surface area contributed by atoms with E-state index in [0.29, 0.717) is 0 Å². The number of rotatable bonds is 8. The number of ether oxygens (including phenoxy) is 3. The summed E-state index contributed by atoms with van der Waals surface area (Å²) >= 11 is 0. The predicted molar refractivity (Wildman–Crippen MR) is 103 cm³/mol. The number of hydrogen-bond acceptors (Lipinski definition) is 7. The summed E-state index contributed by atoms with van der Waals surface area (Å²) in [6.45, 7) is 2.44. The Hall–Kier alpha value is -1.93. The number of nitrogens with zero attached hydrogens (tertiary/aromatic N) is 2. The first kappa shape index (κ1) is 20.8. The van der Waals surface area contributed by atoms with Crippen LogP contribution >= 0.6 is 0 Å². The summed E-state index contributed by atoms with van der Waals surface area (Å²) in [6.07, 6.45) is 9.37. The third kappa shape index (κ3) is 5.54. The van der Waals surface area contributed by atoms with E-state index in [2.05, 4.69) is 11.9 Å². The first-order chi connectivity index (χ1) is 13.6. The highest BCUT2D eigenvalue weighted by Gasteiger charge is 2.31. The van der Waals surface area contributed by atoms with Crippen molar-refractivity contribution in [3.63, 3.8) is 0 Å². The molecule has 1 aromatic heterocycles. The molecule has 3 rings (SSSR count). The highest BCUT2D eigenvalue weighted by atomic mass is 16.7. The van der Waals surface area contributed by atoms with Gasteiger partial charge in [0.05, 0.1) is 12.5 Å². The van der Waals surface area contributed by atoms with Gasteiger partial charge >= 0.3 is 11.7 Å². The normalized spacial score (nSPS) is 27.6. The molecule has 28 heavy (non-hydrogen) atoms. The number of anilines is 1. The van der Waals surface area contributed by atoms with Crippen LogP contribution in [0.2, 0.25) is 0 Å². The average molecular weight is 393 g/mol. The average Bonchev–Trinajstić information content (AvgIpc) is 3.15. The van der Waals surface area contributed by atoms with E-state index >= 15 is 0 Å². The molecule has 156 valence electrons. The van der Waals surface area contributed by atoms with E-state index in [-0.39, 0.29) is 30.9 Å². The topological polar surface area (TPSA) is 106 Å². The zero-order valence-corrected chi connectivity index (χ0v) is 16.5. The van der Waals surface area contributed by atoms with Crippen LogP contribution in [-0.2, 0) is 19.0 Å². The van der Waals surface area contributed by atoms with Crippen LogP contribution in [0.4, 0.5) is 5.82 Å². The maximum absolute atomic E-state index is 12.4. The van der Waals surface area contributed by atoms with Crippen molar-refractivity contribution in [1.29, 1.82) is 0 Å². The number of aromatic nitrogens is 2. The molecule has 2 unspecified atom stereocenters. The molecule has 0 amide bonds. The first-order valence-corrected chi connectivity index (χ1v) is 10.3. The highest BCUT2D eigenvalue weighted by Crippen LogP contribution is 2.33. The van der Waals surface area contributed by atoms with Gasteiger partial charge in [0.2, 0.25) is 0 Å². The van der Waals surface area contributed by atoms with E-state index in [4.69, 9.17) is 19.9 Å². The Morgan fingerprint density at radius 2 is 2.11 bits per heavy atom. The smallest absolute Gasteiger partial charge is 0.351 e. The van der Waals surface area contributed by atoms with E-state index in [1.807, 2.05) is 0 Å². The molecule has 2 heterocycles. The second kappa shape index (κ2) is 10.0. The van der Waals surface area contributed by atoms with Gasteiger partial charge in [-0.05, 0) is 37.7 Å². The third-order valence-corrected chi connectivity index (χ3v) is 5.65. The number of esters is 1. The van der Waals surface area contributed by atoms with Crippen molar-refractivity contribution < 1.29 is 19.0 Å². The van der Waals surface area contributed by atoms with Gasteiger partial charge in [-0.3, -0.25) is 9.36 Å². The van der Waals surface area contributed by atoms with Crippen molar-refractivity contribution in [2.75, 3.05) is 18.9 Å². The third-order valence-electron chi connectivity index (χ3n) is 5.65. The molecule has 0 spiro atoms. The molecule has 0 radical (unpaired) electrons. The van der Waals surface area contributed by atoms with Gasteiger partial charge in [-0.25, -0.2) is 4.79 Å². The van der Waals surface area contributed by atoms with E-state index in [1.54, 1.807) is 0 Å². The number of unbranched alkanes of at least 4 members (excludes halogenated alkanes) is 2. The zero-order chi connectivity index (χ0) is 19.9. The molecular weight excluding hydrogens is 362 g/mol. The van der Waals surface area contributed by atoms with E-state index < -0.39 is 18.2 Å². The molecule has 1 aliphatic carbocycles. The number of hydrogen-bond donors (Lipinski definition) is 1. The Kier molecular flexibility index (Phi) is 7.44. The van der Waals surface area contributed by atoms with E-state index in [0.717, 1.165) is 31.6 Å². The largest absolute Gasteiger partial charge is 0.460 e. The SMILES string of the molecule is CCCCCC1CCC(C(=O)OCC2OCC(n3ccc(N)nc3=O)O2)CC1. The second-order valence-electron chi connectivity index (χ2n) is 7.74. The minimum absolute atomic E-state index is 0.0245. The summed E-state index contributed by atoms with van der Waals surface area (Å²) in [7, 11) is 0. The van der Waals surface area contributed by atoms with Gasteiger partial charge in [-0.2, -0.15) is 4.98 Å². The van der Waals surface area contributed by atoms with Gasteiger partial charge in [-0.1, -0.05) is 32.6 Å². The lowest BCUT2D eigenvalue weighted by Gasteiger charge is -2.27. The van der Waals surface area contributed by atoms with Crippen LogP contribution in [0.15, 0.2) is 17.1 Å². The van der Waals surface area contributed by atoms with Crippen LogP contribution in [0, 0.1) is 11.8 Å². The molecule has 1 aliphatic heterocycles. The fourth-order valence-corrected chi connectivity index (χ4v) is 3.96. The van der Waals surface area contributed by atoms with Crippen LogP contribution in [0.1, 0.15) is 64.5 Å². The summed E-state index contributed by atoms with van der Waals surface area (Å²) < 4.78 is 17.9. The van der Waals surface area contributed by atoms with Crippen LogP contribution in [-0.4, -0.2) is 35.0 Å². The van der Waals surface area contributed by atoms with Gasteiger partial charge in [0, 0.05) is 6.20 Å². The van der Waals surface area contributed by atoms with E-state index in [9.17, 15) is 9.59 Å². The Balaban J connectivity index is 1.38. The van der Waals surface area contributed by atoms with Gasteiger partial charge in [0.25, 0.3) is 0 Å². The maximum Gasteiger partial charge on any atom is 0.351 e. The van der Waals surface area contributed by atoms with Crippen LogP contribution in [0.3, 0.4) is 0 Å². The molecule has 8 heteroatoms. The van der Waals surface area contributed by atoms with Gasteiger partial charge in [0.15, 0.2) is 12.5 Å². The summed E-state index contributed by atoms with van der Waals surface area (Å²) in [4.78, 5) is 27.9. The van der Waals surface area contributed by atoms with Crippen molar-refractivity contribution in [3.05, 3.63) is 22.7 Å². The molecule has 2 N–H and O–H groups in total. The Morgan fingerprint density at radius 1 is 1.32 bits per heavy atom. The molecule has 1 saturated heterocycles. The number of carbonyl (C=O) groups excluding carboxylic acids is 1. The number of carbonyl (C=O) groups is 1. The number of nitrogens with two attached hydrogens (primary N) is 1. The molecule has 2 fully saturated rings. The zero-order valence-electron chi connectivity index (χ0n) is 16.5. The van der Waals surface area contributed by atoms with Crippen molar-refractivity contribution >= 4 is 11.8 Å².